The molecule has 0 saturated carbocycles. The lowest BCUT2D eigenvalue weighted by molar-refractivity contribution is -0.143. The van der Waals surface area contributed by atoms with Crippen molar-refractivity contribution in [2.75, 3.05) is 0 Å². The van der Waals surface area contributed by atoms with Crippen LogP contribution in [0.2, 0.25) is 0 Å². The van der Waals surface area contributed by atoms with Crippen molar-refractivity contribution in [1.29, 1.82) is 0 Å². The molecule has 122 valence electrons. The number of hydrogen-bond acceptors (Lipinski definition) is 3. The van der Waals surface area contributed by atoms with Crippen LogP contribution >= 0.6 is 0 Å². The highest BCUT2D eigenvalue weighted by atomic mass is 16.4. The Morgan fingerprint density at radius 2 is 1.48 bits per heavy atom. The number of carboxylic acid groups (broad SMARTS) is 2. The van der Waals surface area contributed by atoms with Crippen LogP contribution in [0, 0.1) is 0 Å². The molecule has 3 N–H and O–H groups in total. The summed E-state index contributed by atoms with van der Waals surface area (Å²) in [4.78, 5) is 33.0. The third-order valence-corrected chi connectivity index (χ3v) is 3.29. The number of carbonyl (C=O) groups excluding carboxylic acids is 1. The number of unbranched alkanes of at least 4 members (excludes halogenated alkanes) is 6. The van der Waals surface area contributed by atoms with E-state index in [1.54, 1.807) is 0 Å². The van der Waals surface area contributed by atoms with Crippen LogP contribution in [0.1, 0.15) is 71.1 Å². The first-order valence-electron chi connectivity index (χ1n) is 7.71. The van der Waals surface area contributed by atoms with Crippen LogP contribution in [0.5, 0.6) is 0 Å². The molecule has 0 aromatic carbocycles. The van der Waals surface area contributed by atoms with Crippen molar-refractivity contribution in [3.63, 3.8) is 0 Å². The highest BCUT2D eigenvalue weighted by Gasteiger charge is 2.20. The van der Waals surface area contributed by atoms with Gasteiger partial charge < -0.3 is 15.5 Å². The van der Waals surface area contributed by atoms with Gasteiger partial charge in [0.1, 0.15) is 6.04 Å². The monoisotopic (exact) mass is 301 g/mol. The Morgan fingerprint density at radius 1 is 0.905 bits per heavy atom. The number of carboxylic acids is 2. The van der Waals surface area contributed by atoms with Gasteiger partial charge in [0.25, 0.3) is 0 Å². The van der Waals surface area contributed by atoms with Crippen molar-refractivity contribution >= 4 is 17.8 Å². The molecule has 1 amide bonds. The molecule has 0 aliphatic heterocycles. The zero-order valence-electron chi connectivity index (χ0n) is 12.8. The van der Waals surface area contributed by atoms with Crippen LogP contribution in [-0.4, -0.2) is 34.1 Å². The second-order valence-corrected chi connectivity index (χ2v) is 5.26. The van der Waals surface area contributed by atoms with Gasteiger partial charge in [-0.15, -0.1) is 0 Å². The molecule has 6 nitrogen and oxygen atoms in total. The highest BCUT2D eigenvalue weighted by Crippen LogP contribution is 2.08. The molecule has 0 saturated heterocycles. The third kappa shape index (κ3) is 11.9. The van der Waals surface area contributed by atoms with Gasteiger partial charge in [0.2, 0.25) is 5.91 Å². The number of nitrogens with one attached hydrogen (secondary N) is 1. The van der Waals surface area contributed by atoms with Crippen molar-refractivity contribution in [2.24, 2.45) is 0 Å². The summed E-state index contributed by atoms with van der Waals surface area (Å²) in [5.74, 6) is -2.58. The quantitative estimate of drug-likeness (QED) is 0.454. The van der Waals surface area contributed by atoms with E-state index in [1.165, 1.54) is 25.7 Å². The Labute approximate surface area is 125 Å². The zero-order chi connectivity index (χ0) is 16.1. The summed E-state index contributed by atoms with van der Waals surface area (Å²) >= 11 is 0. The van der Waals surface area contributed by atoms with E-state index in [0.29, 0.717) is 6.42 Å². The minimum Gasteiger partial charge on any atom is -0.481 e. The maximum absolute atomic E-state index is 11.6. The lowest BCUT2D eigenvalue weighted by atomic mass is 10.1. The summed E-state index contributed by atoms with van der Waals surface area (Å²) < 4.78 is 0. The number of carbonyl (C=O) groups is 3. The number of amides is 1. The molecular formula is C15H27NO5. The summed E-state index contributed by atoms with van der Waals surface area (Å²) in [6.45, 7) is 2.16. The Bertz CT molecular complexity index is 330. The smallest absolute Gasteiger partial charge is 0.326 e. The molecule has 0 bridgehead atoms. The summed E-state index contributed by atoms with van der Waals surface area (Å²) in [6.07, 6.45) is 7.57. The minimum absolute atomic E-state index is 0.0899. The average molecular weight is 301 g/mol. The topological polar surface area (TPSA) is 104 Å². The van der Waals surface area contributed by atoms with Crippen molar-refractivity contribution in [3.05, 3.63) is 0 Å². The Morgan fingerprint density at radius 3 is 2.00 bits per heavy atom. The van der Waals surface area contributed by atoms with Crippen LogP contribution in [0.25, 0.3) is 0 Å². The minimum atomic E-state index is -1.19. The Hall–Kier alpha value is -1.59. The maximum Gasteiger partial charge on any atom is 0.326 e. The van der Waals surface area contributed by atoms with Gasteiger partial charge in [0, 0.05) is 12.8 Å². The maximum atomic E-state index is 11.6. The molecule has 0 unspecified atom stereocenters. The highest BCUT2D eigenvalue weighted by molar-refractivity contribution is 5.83. The van der Waals surface area contributed by atoms with E-state index in [4.69, 9.17) is 10.2 Å². The summed E-state index contributed by atoms with van der Waals surface area (Å²) in [5.41, 5.74) is 0. The number of rotatable bonds is 13. The molecule has 0 spiro atoms. The normalized spacial score (nSPS) is 11.9. The fourth-order valence-corrected chi connectivity index (χ4v) is 2.03. The van der Waals surface area contributed by atoms with Gasteiger partial charge in [-0.1, -0.05) is 45.4 Å². The Balaban J connectivity index is 3.78. The fraction of sp³-hybridized carbons (Fsp3) is 0.800. The van der Waals surface area contributed by atoms with E-state index < -0.39 is 18.0 Å². The summed E-state index contributed by atoms with van der Waals surface area (Å²) in [6, 6.07) is -1.11. The molecule has 21 heavy (non-hydrogen) atoms. The summed E-state index contributed by atoms with van der Waals surface area (Å²) in [7, 11) is 0. The van der Waals surface area contributed by atoms with Crippen LogP contribution < -0.4 is 5.32 Å². The van der Waals surface area contributed by atoms with Crippen molar-refractivity contribution < 1.29 is 24.6 Å². The summed E-state index contributed by atoms with van der Waals surface area (Å²) in [5, 5.41) is 19.8. The van der Waals surface area contributed by atoms with Crippen LogP contribution in [0.4, 0.5) is 0 Å². The molecule has 0 aromatic rings. The SMILES string of the molecule is CCCCCCCCCC(=O)N[C@@H](CCC(=O)O)C(=O)O. The largest absolute Gasteiger partial charge is 0.481 e. The van der Waals surface area contributed by atoms with Gasteiger partial charge in [0.05, 0.1) is 0 Å². The predicted octanol–water partition coefficient (Wildman–Crippen LogP) is 2.56. The van der Waals surface area contributed by atoms with E-state index in [-0.39, 0.29) is 18.7 Å². The molecule has 0 heterocycles. The van der Waals surface area contributed by atoms with E-state index in [9.17, 15) is 14.4 Å². The van der Waals surface area contributed by atoms with Gasteiger partial charge in [-0.2, -0.15) is 0 Å². The van der Waals surface area contributed by atoms with Crippen LogP contribution in [-0.2, 0) is 14.4 Å². The molecule has 0 aromatic heterocycles. The van der Waals surface area contributed by atoms with E-state index in [0.717, 1.165) is 19.3 Å². The first kappa shape index (κ1) is 19.4. The van der Waals surface area contributed by atoms with Gasteiger partial charge in [-0.05, 0) is 12.8 Å². The first-order chi connectivity index (χ1) is 9.97. The predicted molar refractivity (Wildman–Crippen MR) is 79.0 cm³/mol. The lowest BCUT2D eigenvalue weighted by Crippen LogP contribution is -2.41. The molecule has 0 aliphatic carbocycles. The van der Waals surface area contributed by atoms with Crippen molar-refractivity contribution in [2.45, 2.75) is 77.2 Å². The van der Waals surface area contributed by atoms with Crippen LogP contribution in [0.15, 0.2) is 0 Å². The molecule has 0 aliphatic rings. The van der Waals surface area contributed by atoms with E-state index in [2.05, 4.69) is 12.2 Å². The molecule has 0 fully saturated rings. The van der Waals surface area contributed by atoms with Crippen molar-refractivity contribution in [3.8, 4) is 0 Å². The first-order valence-corrected chi connectivity index (χ1v) is 7.71. The Kier molecular flexibility index (Phi) is 11.3. The molecule has 0 rings (SSSR count). The lowest BCUT2D eigenvalue weighted by Gasteiger charge is -2.13. The van der Waals surface area contributed by atoms with E-state index in [1.807, 2.05) is 0 Å². The number of aliphatic carboxylic acids is 2. The number of hydrogen-bond donors (Lipinski definition) is 3. The molecular weight excluding hydrogens is 274 g/mol. The van der Waals surface area contributed by atoms with Gasteiger partial charge in [-0.25, -0.2) is 4.79 Å². The van der Waals surface area contributed by atoms with E-state index >= 15 is 0 Å². The second-order valence-electron chi connectivity index (χ2n) is 5.26. The molecule has 6 heteroatoms. The zero-order valence-corrected chi connectivity index (χ0v) is 12.8. The van der Waals surface area contributed by atoms with Gasteiger partial charge in [0.15, 0.2) is 0 Å². The average Bonchev–Trinajstić information content (AvgIpc) is 2.41. The fourth-order valence-electron chi connectivity index (χ4n) is 2.03. The third-order valence-electron chi connectivity index (χ3n) is 3.29. The molecule has 1 atom stereocenters. The second kappa shape index (κ2) is 12.2. The van der Waals surface area contributed by atoms with Crippen molar-refractivity contribution in [1.82, 2.24) is 5.32 Å². The molecule has 0 radical (unpaired) electrons. The van der Waals surface area contributed by atoms with Gasteiger partial charge >= 0.3 is 11.9 Å². The van der Waals surface area contributed by atoms with Gasteiger partial charge in [-0.3, -0.25) is 9.59 Å². The standard InChI is InChI=1S/C15H27NO5/c1-2-3-4-5-6-7-8-9-13(17)16-12(15(20)21)10-11-14(18)19/h12H,2-11H2,1H3,(H,16,17)(H,18,19)(H,20,21)/t12-/m0/s1. The van der Waals surface area contributed by atoms with Crippen LogP contribution in [0.3, 0.4) is 0 Å².